The number of phenolic OH excluding ortho intramolecular Hbond substituents is 1. The van der Waals surface area contributed by atoms with Gasteiger partial charge >= 0.3 is 6.18 Å². The molecule has 192 valence electrons. The number of ether oxygens (including phenoxy) is 1. The molecule has 0 radical (unpaired) electrons. The van der Waals surface area contributed by atoms with Crippen molar-refractivity contribution >= 4 is 5.91 Å². The number of alkyl halides is 3. The molecule has 2 aromatic rings. The monoisotopic (exact) mass is 510 g/mol. The summed E-state index contributed by atoms with van der Waals surface area (Å²) < 4.78 is 44.8. The molecule has 1 amide bonds. The first-order valence-corrected chi connectivity index (χ1v) is 12.1. The van der Waals surface area contributed by atoms with E-state index >= 15 is 0 Å². The summed E-state index contributed by atoms with van der Waals surface area (Å²) in [5.74, 6) is 4.97. The van der Waals surface area contributed by atoms with Gasteiger partial charge in [0.2, 0.25) is 0 Å². The molecule has 1 saturated heterocycles. The lowest BCUT2D eigenvalue weighted by molar-refractivity contribution is -0.150. The van der Waals surface area contributed by atoms with Crippen molar-refractivity contribution in [2.45, 2.75) is 48.2 Å². The number of rotatable bonds is 1. The van der Waals surface area contributed by atoms with Gasteiger partial charge in [-0.3, -0.25) is 9.69 Å². The third kappa shape index (κ3) is 3.19. The molecule has 5 atom stereocenters. The highest BCUT2D eigenvalue weighted by Gasteiger charge is 2.71. The first-order valence-electron chi connectivity index (χ1n) is 12.1. The predicted molar refractivity (Wildman–Crippen MR) is 128 cm³/mol. The second-order valence-corrected chi connectivity index (χ2v) is 10.3. The zero-order chi connectivity index (χ0) is 26.3. The molecule has 1 spiro atoms. The minimum atomic E-state index is -4.45. The predicted octanol–water partition coefficient (Wildman–Crippen LogP) is 2.85. The van der Waals surface area contributed by atoms with Gasteiger partial charge in [0.05, 0.1) is 17.0 Å². The summed E-state index contributed by atoms with van der Waals surface area (Å²) >= 11 is 0. The van der Waals surface area contributed by atoms with Crippen LogP contribution in [0.15, 0.2) is 48.6 Å². The van der Waals surface area contributed by atoms with Gasteiger partial charge in [0.25, 0.3) is 5.91 Å². The van der Waals surface area contributed by atoms with E-state index in [1.54, 1.807) is 25.3 Å². The van der Waals surface area contributed by atoms with Crippen LogP contribution in [0, 0.1) is 11.8 Å². The van der Waals surface area contributed by atoms with E-state index in [0.29, 0.717) is 25.1 Å². The maximum absolute atomic E-state index is 13.1. The standard InChI is InChI=1S/C28H25F3N2O4/c1-32-14-13-26-23-17-6-9-20(34)24(23)37-25(26)19(11-12-27(26,36)21(32)15-17)33(2)22(35)10-5-16-3-7-18(8-4-16)28(29,30)31/h3-4,6-9,11-12,19,21,25,34,36H,13-15H2,1-2H3/t19-,21+,25-,26-,27+/m0/s1. The molecule has 0 saturated carbocycles. The van der Waals surface area contributed by atoms with Gasteiger partial charge in [0, 0.05) is 30.1 Å². The molecule has 0 unspecified atom stereocenters. The Hall–Kier alpha value is -3.48. The second-order valence-electron chi connectivity index (χ2n) is 10.3. The summed E-state index contributed by atoms with van der Waals surface area (Å²) in [5.41, 5.74) is -0.766. The van der Waals surface area contributed by atoms with Crippen LogP contribution in [0.5, 0.6) is 11.5 Å². The van der Waals surface area contributed by atoms with Crippen molar-refractivity contribution in [3.05, 3.63) is 70.8 Å². The Morgan fingerprint density at radius 3 is 2.65 bits per heavy atom. The number of likely N-dealkylation sites (tertiary alicyclic amines) is 1. The molecule has 9 heteroatoms. The average molecular weight is 511 g/mol. The van der Waals surface area contributed by atoms with Crippen molar-refractivity contribution in [2.24, 2.45) is 0 Å². The van der Waals surface area contributed by atoms with E-state index in [-0.39, 0.29) is 17.4 Å². The molecule has 0 aromatic heterocycles. The molecule has 2 aliphatic heterocycles. The average Bonchev–Trinajstić information content (AvgIpc) is 3.21. The number of hydrogen-bond donors (Lipinski definition) is 2. The molecule has 37 heavy (non-hydrogen) atoms. The number of aromatic hydroxyl groups is 1. The van der Waals surface area contributed by atoms with E-state index in [1.165, 1.54) is 17.0 Å². The van der Waals surface area contributed by atoms with Crippen LogP contribution >= 0.6 is 0 Å². The highest BCUT2D eigenvalue weighted by atomic mass is 19.4. The molecule has 2 bridgehead atoms. The number of phenols is 1. The summed E-state index contributed by atoms with van der Waals surface area (Å²) in [5, 5.41) is 22.8. The van der Waals surface area contributed by atoms with Gasteiger partial charge in [-0.2, -0.15) is 13.2 Å². The minimum Gasteiger partial charge on any atom is -0.504 e. The van der Waals surface area contributed by atoms with Crippen LogP contribution in [0.25, 0.3) is 0 Å². The first kappa shape index (κ1) is 23.9. The normalized spacial score (nSPS) is 31.1. The van der Waals surface area contributed by atoms with Crippen molar-refractivity contribution in [3.8, 4) is 23.3 Å². The van der Waals surface area contributed by atoms with Gasteiger partial charge in [-0.15, -0.1) is 0 Å². The smallest absolute Gasteiger partial charge is 0.416 e. The Labute approximate surface area is 211 Å². The number of nitrogens with zero attached hydrogens (tertiary/aromatic N) is 2. The highest BCUT2D eigenvalue weighted by Crippen LogP contribution is 2.64. The molecule has 2 aromatic carbocycles. The summed E-state index contributed by atoms with van der Waals surface area (Å²) in [4.78, 5) is 16.7. The number of hydrogen-bond acceptors (Lipinski definition) is 5. The van der Waals surface area contributed by atoms with Crippen LogP contribution in [0.2, 0.25) is 0 Å². The lowest BCUT2D eigenvalue weighted by Crippen LogP contribution is -2.76. The van der Waals surface area contributed by atoms with Crippen molar-refractivity contribution in [1.29, 1.82) is 0 Å². The molecule has 2 heterocycles. The third-order valence-corrected chi connectivity index (χ3v) is 8.58. The Kier molecular flexibility index (Phi) is 5.01. The van der Waals surface area contributed by atoms with Crippen molar-refractivity contribution < 1.29 is 32.9 Å². The largest absolute Gasteiger partial charge is 0.504 e. The zero-order valence-electron chi connectivity index (χ0n) is 20.2. The number of likely N-dealkylation sites (N-methyl/N-ethyl adjacent to an activating group) is 2. The van der Waals surface area contributed by atoms with Gasteiger partial charge in [-0.25, -0.2) is 0 Å². The number of piperidine rings is 1. The number of aliphatic hydroxyl groups is 1. The Balaban J connectivity index is 1.35. The maximum atomic E-state index is 13.1. The molecule has 1 fully saturated rings. The zero-order valence-corrected chi connectivity index (χ0v) is 20.2. The highest BCUT2D eigenvalue weighted by molar-refractivity contribution is 5.94. The van der Waals surface area contributed by atoms with Crippen LogP contribution < -0.4 is 4.74 Å². The Morgan fingerprint density at radius 2 is 1.95 bits per heavy atom. The lowest BCUT2D eigenvalue weighted by atomic mass is 9.50. The van der Waals surface area contributed by atoms with E-state index in [2.05, 4.69) is 16.7 Å². The molecular weight excluding hydrogens is 485 g/mol. The van der Waals surface area contributed by atoms with E-state index in [4.69, 9.17) is 4.74 Å². The fourth-order valence-electron chi connectivity index (χ4n) is 6.71. The van der Waals surface area contributed by atoms with E-state index in [1.807, 2.05) is 13.1 Å². The molecule has 4 aliphatic rings. The maximum Gasteiger partial charge on any atom is 0.416 e. The Bertz CT molecular complexity index is 1390. The van der Waals surface area contributed by atoms with Gasteiger partial charge < -0.3 is 19.8 Å². The van der Waals surface area contributed by atoms with Gasteiger partial charge in [0.1, 0.15) is 11.7 Å². The van der Waals surface area contributed by atoms with E-state index in [0.717, 1.165) is 23.3 Å². The number of halogens is 3. The topological polar surface area (TPSA) is 73.2 Å². The first-order chi connectivity index (χ1) is 17.5. The van der Waals surface area contributed by atoms with Crippen LogP contribution in [-0.2, 0) is 22.8 Å². The van der Waals surface area contributed by atoms with Crippen LogP contribution in [0.1, 0.15) is 28.7 Å². The number of benzene rings is 2. The summed E-state index contributed by atoms with van der Waals surface area (Å²) in [6, 6.07) is 7.02. The molecule has 6 nitrogen and oxygen atoms in total. The molecule has 6 rings (SSSR count). The van der Waals surface area contributed by atoms with Crippen LogP contribution in [-0.4, -0.2) is 70.3 Å². The third-order valence-electron chi connectivity index (χ3n) is 8.58. The van der Waals surface area contributed by atoms with Gasteiger partial charge in [0.15, 0.2) is 11.5 Å². The van der Waals surface area contributed by atoms with Crippen molar-refractivity contribution in [2.75, 3.05) is 20.6 Å². The second kappa shape index (κ2) is 7.76. The fraction of sp³-hybridized carbons (Fsp3) is 0.393. The van der Waals surface area contributed by atoms with Gasteiger partial charge in [-0.1, -0.05) is 24.1 Å². The van der Waals surface area contributed by atoms with Crippen molar-refractivity contribution in [1.82, 2.24) is 9.80 Å². The molecular formula is C28H25F3N2O4. The quantitative estimate of drug-likeness (QED) is 0.456. The molecule has 2 aliphatic carbocycles. The van der Waals surface area contributed by atoms with Crippen LogP contribution in [0.4, 0.5) is 13.2 Å². The summed E-state index contributed by atoms with van der Waals surface area (Å²) in [6.45, 7) is 0.716. The van der Waals surface area contributed by atoms with Gasteiger partial charge in [-0.05, 0) is 62.3 Å². The molecule has 2 N–H and O–H groups in total. The number of carbonyl (C=O) groups excluding carboxylic acids is 1. The SMILES string of the molecule is CN1CC[C@]23c4c5ccc(O)c4O[C@H]2[C@@H](N(C)C(=O)C#Cc2ccc(C(F)(F)F)cc2)C=C[C@@]3(O)[C@H]1C5. The number of carbonyl (C=O) groups is 1. The van der Waals surface area contributed by atoms with Crippen LogP contribution in [0.3, 0.4) is 0 Å². The van der Waals surface area contributed by atoms with Crippen molar-refractivity contribution in [3.63, 3.8) is 0 Å². The summed E-state index contributed by atoms with van der Waals surface area (Å²) in [7, 11) is 3.57. The Morgan fingerprint density at radius 1 is 1.22 bits per heavy atom. The van der Waals surface area contributed by atoms with E-state index < -0.39 is 40.8 Å². The fourth-order valence-corrected chi connectivity index (χ4v) is 6.71. The lowest BCUT2D eigenvalue weighted by Gasteiger charge is -2.62. The summed E-state index contributed by atoms with van der Waals surface area (Å²) in [6.07, 6.45) is -0.382. The minimum absolute atomic E-state index is 0.00271. The van der Waals surface area contributed by atoms with E-state index in [9.17, 15) is 28.2 Å². The number of amides is 1.